The number of hydrogen-bond acceptors (Lipinski definition) is 6. The number of nitrogens with zero attached hydrogens (tertiary/aromatic N) is 4. The van der Waals surface area contributed by atoms with Crippen molar-refractivity contribution in [2.45, 2.75) is 12.8 Å². The first-order valence-corrected chi connectivity index (χ1v) is 10.7. The van der Waals surface area contributed by atoms with E-state index in [2.05, 4.69) is 15.1 Å². The Balaban J connectivity index is 1.53. The molecule has 0 aliphatic heterocycles. The summed E-state index contributed by atoms with van der Waals surface area (Å²) in [6.45, 7) is 1.09. The fraction of sp³-hybridized carbons (Fsp3) is 0.200. The fourth-order valence-corrected chi connectivity index (χ4v) is 3.33. The Bertz CT molecular complexity index is 1350. The minimum absolute atomic E-state index is 0.0469. The highest BCUT2D eigenvalue weighted by Gasteiger charge is 2.13. The zero-order valence-electron chi connectivity index (χ0n) is 18.7. The maximum absolute atomic E-state index is 13.6. The molecule has 0 radical (unpaired) electrons. The molecule has 0 aliphatic rings. The molecule has 0 fully saturated rings. The number of hydrogen-bond donors (Lipinski definition) is 0. The van der Waals surface area contributed by atoms with E-state index < -0.39 is 17.5 Å². The Morgan fingerprint density at radius 1 is 0.971 bits per heavy atom. The molecule has 35 heavy (non-hydrogen) atoms. The SMILES string of the molecule is COCCCOc1cnc(-c2cccc(Cc3nn(-c4cc(F)c(F)c(F)c4)ccc3=O)c2)nc1. The lowest BCUT2D eigenvalue weighted by atomic mass is 10.1. The van der Waals surface area contributed by atoms with Crippen molar-refractivity contribution in [1.29, 1.82) is 0 Å². The molecule has 0 bridgehead atoms. The average molecular weight is 482 g/mol. The molecule has 0 atom stereocenters. The van der Waals surface area contributed by atoms with Gasteiger partial charge in [0.05, 0.1) is 24.7 Å². The zero-order valence-corrected chi connectivity index (χ0v) is 18.7. The van der Waals surface area contributed by atoms with Gasteiger partial charge in [0.2, 0.25) is 5.43 Å². The van der Waals surface area contributed by atoms with Crippen LogP contribution in [-0.2, 0) is 11.2 Å². The van der Waals surface area contributed by atoms with Crippen LogP contribution in [0.25, 0.3) is 17.1 Å². The lowest BCUT2D eigenvalue weighted by molar-refractivity contribution is 0.172. The van der Waals surface area contributed by atoms with Crippen molar-refractivity contribution < 1.29 is 22.6 Å². The normalized spacial score (nSPS) is 11.0. The summed E-state index contributed by atoms with van der Waals surface area (Å²) in [7, 11) is 1.63. The van der Waals surface area contributed by atoms with Crippen LogP contribution in [0.1, 0.15) is 17.7 Å². The highest BCUT2D eigenvalue weighted by molar-refractivity contribution is 5.56. The molecule has 180 valence electrons. The molecule has 4 aromatic rings. The van der Waals surface area contributed by atoms with Crippen LogP contribution in [0.3, 0.4) is 0 Å². The molecule has 2 aromatic carbocycles. The average Bonchev–Trinajstić information content (AvgIpc) is 2.87. The van der Waals surface area contributed by atoms with Crippen LogP contribution in [0, 0.1) is 17.5 Å². The maximum atomic E-state index is 13.6. The smallest absolute Gasteiger partial charge is 0.203 e. The molecule has 0 aliphatic carbocycles. The van der Waals surface area contributed by atoms with E-state index in [1.807, 2.05) is 18.2 Å². The van der Waals surface area contributed by atoms with E-state index in [1.165, 1.54) is 12.3 Å². The van der Waals surface area contributed by atoms with Gasteiger partial charge in [-0.05, 0) is 11.6 Å². The molecule has 0 saturated carbocycles. The fourth-order valence-electron chi connectivity index (χ4n) is 3.33. The van der Waals surface area contributed by atoms with Crippen LogP contribution in [0.2, 0.25) is 0 Å². The van der Waals surface area contributed by atoms with Crippen LogP contribution in [0.15, 0.2) is 65.8 Å². The predicted molar refractivity (Wildman–Crippen MR) is 122 cm³/mol. The van der Waals surface area contributed by atoms with Crippen molar-refractivity contribution in [3.63, 3.8) is 0 Å². The number of aromatic nitrogens is 4. The Morgan fingerprint density at radius 3 is 2.43 bits per heavy atom. The Morgan fingerprint density at radius 2 is 1.71 bits per heavy atom. The topological polar surface area (TPSA) is 79.1 Å². The third-order valence-electron chi connectivity index (χ3n) is 5.06. The van der Waals surface area contributed by atoms with Gasteiger partial charge in [-0.1, -0.05) is 18.2 Å². The highest BCUT2D eigenvalue weighted by atomic mass is 19.2. The second-order valence-electron chi connectivity index (χ2n) is 7.61. The van der Waals surface area contributed by atoms with Crippen LogP contribution < -0.4 is 10.2 Å². The van der Waals surface area contributed by atoms with E-state index in [0.29, 0.717) is 24.8 Å². The third-order valence-corrected chi connectivity index (χ3v) is 5.06. The third kappa shape index (κ3) is 5.90. The zero-order chi connectivity index (χ0) is 24.8. The Hall–Kier alpha value is -4.05. The lowest BCUT2D eigenvalue weighted by Gasteiger charge is -2.09. The van der Waals surface area contributed by atoms with E-state index in [0.717, 1.165) is 34.4 Å². The molecule has 2 aromatic heterocycles. The molecule has 7 nitrogen and oxygen atoms in total. The quantitative estimate of drug-likeness (QED) is 0.264. The van der Waals surface area contributed by atoms with Gasteiger partial charge in [0.25, 0.3) is 0 Å². The molecule has 0 spiro atoms. The molecular formula is C25H21F3N4O3. The van der Waals surface area contributed by atoms with E-state index in [-0.39, 0.29) is 23.2 Å². The van der Waals surface area contributed by atoms with Crippen molar-refractivity contribution in [3.05, 3.63) is 100.0 Å². The van der Waals surface area contributed by atoms with Crippen molar-refractivity contribution in [2.75, 3.05) is 20.3 Å². The van der Waals surface area contributed by atoms with Gasteiger partial charge >= 0.3 is 0 Å². The minimum Gasteiger partial charge on any atom is -0.490 e. The first-order chi connectivity index (χ1) is 16.9. The van der Waals surface area contributed by atoms with Gasteiger partial charge in [0.1, 0.15) is 5.69 Å². The van der Waals surface area contributed by atoms with Gasteiger partial charge in [-0.3, -0.25) is 4.79 Å². The molecule has 0 N–H and O–H groups in total. The largest absolute Gasteiger partial charge is 0.490 e. The molecule has 0 unspecified atom stereocenters. The predicted octanol–water partition coefficient (Wildman–Crippen LogP) is 4.11. The van der Waals surface area contributed by atoms with Gasteiger partial charge in [-0.15, -0.1) is 0 Å². The van der Waals surface area contributed by atoms with Crippen LogP contribution in [0.5, 0.6) is 5.75 Å². The lowest BCUT2D eigenvalue weighted by Crippen LogP contribution is -2.16. The van der Waals surface area contributed by atoms with E-state index in [4.69, 9.17) is 9.47 Å². The minimum atomic E-state index is -1.57. The summed E-state index contributed by atoms with van der Waals surface area (Å²) in [5, 5.41) is 4.20. The molecule has 4 rings (SSSR count). The molecule has 0 saturated heterocycles. The first kappa shape index (κ1) is 24.1. The summed E-state index contributed by atoms with van der Waals surface area (Å²) in [4.78, 5) is 21.1. The van der Waals surface area contributed by atoms with Crippen molar-refractivity contribution in [3.8, 4) is 22.8 Å². The summed E-state index contributed by atoms with van der Waals surface area (Å²) in [6, 6.07) is 10.1. The number of benzene rings is 2. The summed E-state index contributed by atoms with van der Waals surface area (Å²) in [5.41, 5.74) is 1.24. The second kappa shape index (κ2) is 10.9. The molecule has 0 amide bonds. The summed E-state index contributed by atoms with van der Waals surface area (Å²) >= 11 is 0. The maximum Gasteiger partial charge on any atom is 0.203 e. The molecule has 2 heterocycles. The van der Waals surface area contributed by atoms with Crippen molar-refractivity contribution >= 4 is 0 Å². The van der Waals surface area contributed by atoms with Crippen molar-refractivity contribution in [1.82, 2.24) is 19.7 Å². The van der Waals surface area contributed by atoms with Gasteiger partial charge in [-0.2, -0.15) is 5.10 Å². The Kier molecular flexibility index (Phi) is 7.51. The number of halogens is 3. The monoisotopic (exact) mass is 482 g/mol. The van der Waals surface area contributed by atoms with E-state index in [9.17, 15) is 18.0 Å². The van der Waals surface area contributed by atoms with Crippen molar-refractivity contribution in [2.24, 2.45) is 0 Å². The second-order valence-corrected chi connectivity index (χ2v) is 7.61. The highest BCUT2D eigenvalue weighted by Crippen LogP contribution is 2.20. The summed E-state index contributed by atoms with van der Waals surface area (Å²) in [5.74, 6) is -3.24. The van der Waals surface area contributed by atoms with Gasteiger partial charge in [0.15, 0.2) is 29.0 Å². The van der Waals surface area contributed by atoms with Gasteiger partial charge in [0, 0.05) is 56.5 Å². The number of methoxy groups -OCH3 is 1. The van der Waals surface area contributed by atoms with Crippen LogP contribution in [-0.4, -0.2) is 40.1 Å². The standard InChI is InChI=1S/C25H21F3N4O3/c1-34-8-3-9-35-19-14-29-25(30-15-19)17-5-2-4-16(10-17)11-22-23(33)6-7-32(31-22)18-12-20(26)24(28)21(27)13-18/h2,4-7,10,12-15H,3,8-9,11H2,1H3. The van der Waals surface area contributed by atoms with E-state index in [1.54, 1.807) is 25.6 Å². The first-order valence-electron chi connectivity index (χ1n) is 10.7. The Labute approximate surface area is 198 Å². The number of ether oxygens (including phenoxy) is 2. The van der Waals surface area contributed by atoms with Gasteiger partial charge in [-0.25, -0.2) is 27.8 Å². The van der Waals surface area contributed by atoms with E-state index >= 15 is 0 Å². The van der Waals surface area contributed by atoms with Crippen LogP contribution >= 0.6 is 0 Å². The summed E-state index contributed by atoms with van der Waals surface area (Å²) in [6.07, 6.45) is 5.34. The molecular weight excluding hydrogens is 461 g/mol. The number of rotatable bonds is 9. The van der Waals surface area contributed by atoms with Crippen LogP contribution in [0.4, 0.5) is 13.2 Å². The molecule has 10 heteroatoms. The summed E-state index contributed by atoms with van der Waals surface area (Å²) < 4.78 is 52.2. The van der Waals surface area contributed by atoms with Gasteiger partial charge < -0.3 is 9.47 Å².